The van der Waals surface area contributed by atoms with Crippen LogP contribution in [0.1, 0.15) is 40.2 Å². The second-order valence-corrected chi connectivity index (χ2v) is 4.75. The highest BCUT2D eigenvalue weighted by molar-refractivity contribution is 6.05. The number of alkyl halides is 2. The van der Waals surface area contributed by atoms with Gasteiger partial charge in [-0.25, -0.2) is 0 Å². The van der Waals surface area contributed by atoms with Gasteiger partial charge >= 0.3 is 11.9 Å². The van der Waals surface area contributed by atoms with Gasteiger partial charge in [0.1, 0.15) is 0 Å². The number of halogens is 2. The predicted molar refractivity (Wildman–Crippen MR) is 64.4 cm³/mol. The zero-order valence-electron chi connectivity index (χ0n) is 10.7. The molecule has 3 nitrogen and oxygen atoms in total. The van der Waals surface area contributed by atoms with Gasteiger partial charge in [0.25, 0.3) is 0 Å². The van der Waals surface area contributed by atoms with Crippen molar-refractivity contribution in [2.75, 3.05) is 7.11 Å². The number of aryl methyl sites for hydroxylation is 1. The number of ketones is 1. The van der Waals surface area contributed by atoms with Crippen LogP contribution in [0.2, 0.25) is 0 Å². The van der Waals surface area contributed by atoms with Crippen molar-refractivity contribution in [1.29, 1.82) is 0 Å². The number of carbonyl (C=O) groups excluding carboxylic acids is 2. The third-order valence-electron chi connectivity index (χ3n) is 3.45. The topological polar surface area (TPSA) is 43.4 Å². The molecule has 0 heterocycles. The molecule has 0 radical (unpaired) electrons. The van der Waals surface area contributed by atoms with Crippen molar-refractivity contribution in [1.82, 2.24) is 0 Å². The van der Waals surface area contributed by atoms with Crippen LogP contribution in [0.3, 0.4) is 0 Å². The summed E-state index contributed by atoms with van der Waals surface area (Å²) in [5.74, 6) is -5.81. The molecule has 1 unspecified atom stereocenters. The van der Waals surface area contributed by atoms with Crippen molar-refractivity contribution in [2.45, 2.75) is 31.6 Å². The number of fused-ring (bicyclic) bond motifs is 1. The minimum Gasteiger partial charge on any atom is -0.469 e. The normalized spacial score (nSPS) is 20.8. The number of hydrogen-bond acceptors (Lipinski definition) is 3. The van der Waals surface area contributed by atoms with E-state index in [0.29, 0.717) is 11.1 Å². The second kappa shape index (κ2) is 4.72. The van der Waals surface area contributed by atoms with Gasteiger partial charge in [0.2, 0.25) is 5.78 Å². The maximum Gasteiger partial charge on any atom is 0.310 e. The molecular weight excluding hydrogens is 254 g/mol. The zero-order valence-corrected chi connectivity index (χ0v) is 10.7. The standard InChI is InChI=1S/C14H14F2O3/c1-8-4-3-5-10-9(6-11(17)19-2)7-14(15,16)13(18)12(8)10/h3-5,9H,6-7H2,1-2H3. The molecule has 19 heavy (non-hydrogen) atoms. The summed E-state index contributed by atoms with van der Waals surface area (Å²) < 4.78 is 32.0. The van der Waals surface area contributed by atoms with Gasteiger partial charge in [0, 0.05) is 17.9 Å². The van der Waals surface area contributed by atoms with Crippen molar-refractivity contribution in [3.63, 3.8) is 0 Å². The Kier molecular flexibility index (Phi) is 3.39. The van der Waals surface area contributed by atoms with Crippen LogP contribution in [0.25, 0.3) is 0 Å². The summed E-state index contributed by atoms with van der Waals surface area (Å²) in [6.45, 7) is 1.62. The van der Waals surface area contributed by atoms with Crippen LogP contribution in [-0.4, -0.2) is 24.8 Å². The SMILES string of the molecule is COC(=O)CC1CC(F)(F)C(=O)c2c(C)cccc21. The quantitative estimate of drug-likeness (QED) is 0.775. The van der Waals surface area contributed by atoms with E-state index in [9.17, 15) is 18.4 Å². The molecule has 0 amide bonds. The molecular formula is C14H14F2O3. The molecule has 0 saturated carbocycles. The van der Waals surface area contributed by atoms with E-state index in [1.165, 1.54) is 7.11 Å². The van der Waals surface area contributed by atoms with Crippen molar-refractivity contribution in [2.24, 2.45) is 0 Å². The predicted octanol–water partition coefficient (Wildman–Crippen LogP) is 2.86. The molecule has 5 heteroatoms. The first kappa shape index (κ1) is 13.6. The van der Waals surface area contributed by atoms with Crippen LogP contribution in [0, 0.1) is 6.92 Å². The smallest absolute Gasteiger partial charge is 0.310 e. The fourth-order valence-electron chi connectivity index (χ4n) is 2.50. The summed E-state index contributed by atoms with van der Waals surface area (Å²) in [7, 11) is 1.21. The highest BCUT2D eigenvalue weighted by Crippen LogP contribution is 2.43. The third kappa shape index (κ3) is 2.37. The van der Waals surface area contributed by atoms with Gasteiger partial charge in [-0.2, -0.15) is 8.78 Å². The summed E-state index contributed by atoms with van der Waals surface area (Å²) in [5.41, 5.74) is 1.07. The molecule has 102 valence electrons. The Morgan fingerprint density at radius 3 is 2.79 bits per heavy atom. The van der Waals surface area contributed by atoms with Gasteiger partial charge in [-0.05, 0) is 18.1 Å². The summed E-state index contributed by atoms with van der Waals surface area (Å²) in [6.07, 6.45) is -0.785. The zero-order chi connectivity index (χ0) is 14.2. The first-order chi connectivity index (χ1) is 8.86. The fraction of sp³-hybridized carbons (Fsp3) is 0.429. The van der Waals surface area contributed by atoms with Gasteiger partial charge in [-0.3, -0.25) is 9.59 Å². The number of rotatable bonds is 2. The molecule has 0 aliphatic heterocycles. The van der Waals surface area contributed by atoms with Crippen LogP contribution < -0.4 is 0 Å². The Morgan fingerprint density at radius 1 is 1.47 bits per heavy atom. The Hall–Kier alpha value is -1.78. The molecule has 0 fully saturated rings. The summed E-state index contributed by atoms with van der Waals surface area (Å²) in [5, 5.41) is 0. The average Bonchev–Trinajstić information content (AvgIpc) is 2.35. The van der Waals surface area contributed by atoms with E-state index in [1.807, 2.05) is 0 Å². The molecule has 0 aromatic heterocycles. The maximum atomic E-state index is 13.8. The summed E-state index contributed by atoms with van der Waals surface area (Å²) >= 11 is 0. The lowest BCUT2D eigenvalue weighted by atomic mass is 9.77. The Labute approximate surface area is 109 Å². The highest BCUT2D eigenvalue weighted by Gasteiger charge is 2.48. The lowest BCUT2D eigenvalue weighted by molar-refractivity contribution is -0.141. The molecule has 2 rings (SSSR count). The number of benzene rings is 1. The van der Waals surface area contributed by atoms with Crippen molar-refractivity contribution in [3.05, 3.63) is 34.9 Å². The van der Waals surface area contributed by atoms with Gasteiger partial charge in [0.15, 0.2) is 0 Å². The first-order valence-corrected chi connectivity index (χ1v) is 5.95. The fourth-order valence-corrected chi connectivity index (χ4v) is 2.50. The highest BCUT2D eigenvalue weighted by atomic mass is 19.3. The van der Waals surface area contributed by atoms with E-state index in [-0.39, 0.29) is 12.0 Å². The van der Waals surface area contributed by atoms with E-state index in [1.54, 1.807) is 25.1 Å². The Bertz CT molecular complexity index is 537. The molecule has 1 aromatic rings. The minimum atomic E-state index is -3.42. The Balaban J connectivity index is 2.49. The van der Waals surface area contributed by atoms with E-state index in [4.69, 9.17) is 0 Å². The van der Waals surface area contributed by atoms with E-state index < -0.39 is 30.0 Å². The lowest BCUT2D eigenvalue weighted by Gasteiger charge is -2.30. The molecule has 1 aromatic carbocycles. The second-order valence-electron chi connectivity index (χ2n) is 4.75. The van der Waals surface area contributed by atoms with Crippen molar-refractivity contribution >= 4 is 11.8 Å². The number of esters is 1. The Morgan fingerprint density at radius 2 is 2.16 bits per heavy atom. The molecule has 0 spiro atoms. The molecule has 0 N–H and O–H groups in total. The van der Waals surface area contributed by atoms with Gasteiger partial charge in [0.05, 0.1) is 13.5 Å². The van der Waals surface area contributed by atoms with Crippen LogP contribution in [-0.2, 0) is 9.53 Å². The number of carbonyl (C=O) groups is 2. The van der Waals surface area contributed by atoms with Crippen LogP contribution in [0.5, 0.6) is 0 Å². The monoisotopic (exact) mass is 268 g/mol. The number of methoxy groups -OCH3 is 1. The summed E-state index contributed by atoms with van der Waals surface area (Å²) in [6, 6.07) is 4.95. The number of Topliss-reactive ketones (excluding diaryl/α,β-unsaturated/α-hetero) is 1. The largest absolute Gasteiger partial charge is 0.469 e. The molecule has 1 aliphatic carbocycles. The number of ether oxygens (including phenoxy) is 1. The molecule has 0 saturated heterocycles. The van der Waals surface area contributed by atoms with Crippen LogP contribution >= 0.6 is 0 Å². The lowest BCUT2D eigenvalue weighted by Crippen LogP contribution is -2.37. The van der Waals surface area contributed by atoms with Gasteiger partial charge in [-0.1, -0.05) is 18.2 Å². The van der Waals surface area contributed by atoms with Crippen LogP contribution in [0.4, 0.5) is 8.78 Å². The average molecular weight is 268 g/mol. The molecule has 1 atom stereocenters. The van der Waals surface area contributed by atoms with Crippen molar-refractivity contribution in [3.8, 4) is 0 Å². The summed E-state index contributed by atoms with van der Waals surface area (Å²) in [4.78, 5) is 23.1. The van der Waals surface area contributed by atoms with Gasteiger partial charge in [-0.15, -0.1) is 0 Å². The maximum absolute atomic E-state index is 13.8. The molecule has 1 aliphatic rings. The van der Waals surface area contributed by atoms with E-state index in [2.05, 4.69) is 4.74 Å². The first-order valence-electron chi connectivity index (χ1n) is 5.95. The minimum absolute atomic E-state index is 0.0488. The van der Waals surface area contributed by atoms with E-state index >= 15 is 0 Å². The molecule has 0 bridgehead atoms. The third-order valence-corrected chi connectivity index (χ3v) is 3.45. The van der Waals surface area contributed by atoms with Crippen molar-refractivity contribution < 1.29 is 23.1 Å². The number of hydrogen-bond donors (Lipinski definition) is 0. The van der Waals surface area contributed by atoms with Crippen LogP contribution in [0.15, 0.2) is 18.2 Å². The van der Waals surface area contributed by atoms with E-state index in [0.717, 1.165) is 0 Å². The van der Waals surface area contributed by atoms with Gasteiger partial charge < -0.3 is 4.74 Å².